The molecule has 0 aliphatic carbocycles. The fraction of sp³-hybridized carbons (Fsp3) is 0.182. The monoisotopic (exact) mass is 253 g/mol. The summed E-state index contributed by atoms with van der Waals surface area (Å²) in [6, 6.07) is 6.89. The highest BCUT2D eigenvalue weighted by Gasteiger charge is 2.09. The molecule has 0 saturated heterocycles. The number of amides is 2. The number of hydrogen-bond acceptors (Lipinski definition) is 3. The molecule has 90 valence electrons. The lowest BCUT2D eigenvalue weighted by molar-refractivity contribution is -0.139. The van der Waals surface area contributed by atoms with Gasteiger partial charge in [-0.05, 0) is 24.6 Å². The number of carbonyl (C=O) groups excluding carboxylic acids is 2. The Morgan fingerprint density at radius 3 is 2.53 bits per heavy atom. The summed E-state index contributed by atoms with van der Waals surface area (Å²) in [7, 11) is 0. The number of rotatable bonds is 3. The van der Waals surface area contributed by atoms with Gasteiger partial charge in [-0.1, -0.05) is 23.7 Å². The molecule has 0 radical (unpaired) electrons. The van der Waals surface area contributed by atoms with E-state index in [2.05, 4.69) is 15.8 Å². The molecule has 0 heterocycles. The van der Waals surface area contributed by atoms with Crippen molar-refractivity contribution in [1.29, 1.82) is 0 Å². The minimum atomic E-state index is -0.794. The van der Waals surface area contributed by atoms with Gasteiger partial charge >= 0.3 is 11.8 Å². The van der Waals surface area contributed by atoms with E-state index in [0.717, 1.165) is 5.56 Å². The first kappa shape index (κ1) is 13.2. The van der Waals surface area contributed by atoms with Crippen molar-refractivity contribution in [3.05, 3.63) is 34.9 Å². The van der Waals surface area contributed by atoms with E-state index >= 15 is 0 Å². The lowest BCUT2D eigenvalue weighted by Crippen LogP contribution is -2.37. The first-order valence-corrected chi connectivity index (χ1v) is 5.38. The molecule has 0 saturated carbocycles. The minimum Gasteiger partial charge on any atom is -0.348 e. The second-order valence-electron chi connectivity index (χ2n) is 3.11. The number of nitrogens with zero attached hydrogens (tertiary/aromatic N) is 1. The maximum absolute atomic E-state index is 11.1. The van der Waals surface area contributed by atoms with Crippen LogP contribution in [0.3, 0.4) is 0 Å². The highest BCUT2D eigenvalue weighted by Crippen LogP contribution is 2.07. The quantitative estimate of drug-likeness (QED) is 0.478. The predicted molar refractivity (Wildman–Crippen MR) is 65.9 cm³/mol. The molecule has 2 N–H and O–H groups in total. The van der Waals surface area contributed by atoms with Crippen LogP contribution in [0.5, 0.6) is 0 Å². The van der Waals surface area contributed by atoms with E-state index < -0.39 is 11.8 Å². The van der Waals surface area contributed by atoms with Crippen LogP contribution in [-0.4, -0.2) is 24.6 Å². The summed E-state index contributed by atoms with van der Waals surface area (Å²) in [4.78, 5) is 22.1. The zero-order valence-electron chi connectivity index (χ0n) is 9.24. The lowest BCUT2D eigenvalue weighted by Gasteiger charge is -1.99. The topological polar surface area (TPSA) is 70.6 Å². The molecule has 17 heavy (non-hydrogen) atoms. The summed E-state index contributed by atoms with van der Waals surface area (Å²) < 4.78 is 0. The van der Waals surface area contributed by atoms with Crippen molar-refractivity contribution in [2.24, 2.45) is 5.10 Å². The molecule has 2 amide bonds. The molecule has 1 aromatic carbocycles. The summed E-state index contributed by atoms with van der Waals surface area (Å²) in [5.41, 5.74) is 2.88. The molecule has 0 unspecified atom stereocenters. The standard InChI is InChI=1S/C11H12ClN3O2/c1-2-13-10(16)11(17)15-14-7-8-3-5-9(12)6-4-8/h3-7H,2H2,1H3,(H,13,16)(H,15,17)/b14-7+. The van der Waals surface area contributed by atoms with Crippen LogP contribution >= 0.6 is 11.6 Å². The van der Waals surface area contributed by atoms with E-state index in [0.29, 0.717) is 11.6 Å². The Hall–Kier alpha value is -1.88. The molecular weight excluding hydrogens is 242 g/mol. The molecule has 0 bridgehead atoms. The van der Waals surface area contributed by atoms with Crippen molar-refractivity contribution < 1.29 is 9.59 Å². The Labute approximate surface area is 104 Å². The van der Waals surface area contributed by atoms with Crippen LogP contribution < -0.4 is 10.7 Å². The third-order valence-electron chi connectivity index (χ3n) is 1.79. The first-order valence-electron chi connectivity index (χ1n) is 5.00. The van der Waals surface area contributed by atoms with Gasteiger partial charge in [0.2, 0.25) is 0 Å². The van der Waals surface area contributed by atoms with E-state index in [9.17, 15) is 9.59 Å². The summed E-state index contributed by atoms with van der Waals surface area (Å²) >= 11 is 5.71. The van der Waals surface area contributed by atoms with Gasteiger partial charge in [-0.25, -0.2) is 5.43 Å². The SMILES string of the molecule is CCNC(=O)C(=O)N/N=C/c1ccc(Cl)cc1. The Balaban J connectivity index is 2.47. The lowest BCUT2D eigenvalue weighted by atomic mass is 10.2. The van der Waals surface area contributed by atoms with Crippen molar-refractivity contribution >= 4 is 29.6 Å². The van der Waals surface area contributed by atoms with Gasteiger partial charge in [0.25, 0.3) is 0 Å². The average molecular weight is 254 g/mol. The number of benzene rings is 1. The number of hydrogen-bond donors (Lipinski definition) is 2. The summed E-state index contributed by atoms with van der Waals surface area (Å²) in [5.74, 6) is -1.50. The van der Waals surface area contributed by atoms with E-state index in [4.69, 9.17) is 11.6 Å². The third kappa shape index (κ3) is 4.65. The van der Waals surface area contributed by atoms with E-state index in [-0.39, 0.29) is 0 Å². The first-order chi connectivity index (χ1) is 8.13. The predicted octanol–water partition coefficient (Wildman–Crippen LogP) is 0.926. The molecule has 0 aliphatic rings. The molecular formula is C11H12ClN3O2. The fourth-order valence-corrected chi connectivity index (χ4v) is 1.13. The summed E-state index contributed by atoms with van der Waals surface area (Å²) in [6.07, 6.45) is 1.42. The molecule has 5 nitrogen and oxygen atoms in total. The summed E-state index contributed by atoms with van der Waals surface area (Å²) in [5, 5.41) is 6.62. The van der Waals surface area contributed by atoms with Gasteiger partial charge in [-0.2, -0.15) is 5.10 Å². The fourth-order valence-electron chi connectivity index (χ4n) is 1.01. The third-order valence-corrected chi connectivity index (χ3v) is 2.05. The normalized spacial score (nSPS) is 10.2. The molecule has 6 heteroatoms. The zero-order chi connectivity index (χ0) is 12.7. The van der Waals surface area contributed by atoms with Crippen LogP contribution in [0.25, 0.3) is 0 Å². The highest BCUT2D eigenvalue weighted by molar-refractivity contribution is 6.35. The Bertz CT molecular complexity index is 429. The van der Waals surface area contributed by atoms with Crippen molar-refractivity contribution in [1.82, 2.24) is 10.7 Å². The largest absolute Gasteiger partial charge is 0.348 e. The number of hydrazone groups is 1. The van der Waals surface area contributed by atoms with Crippen LogP contribution in [0.2, 0.25) is 5.02 Å². The number of likely N-dealkylation sites (N-methyl/N-ethyl adjacent to an activating group) is 1. The van der Waals surface area contributed by atoms with Crippen molar-refractivity contribution in [3.8, 4) is 0 Å². The van der Waals surface area contributed by atoms with Crippen LogP contribution in [0.1, 0.15) is 12.5 Å². The molecule has 0 spiro atoms. The van der Waals surface area contributed by atoms with Gasteiger partial charge in [0.15, 0.2) is 0 Å². The molecule has 1 aromatic rings. The number of carbonyl (C=O) groups is 2. The van der Waals surface area contributed by atoms with Crippen molar-refractivity contribution in [2.45, 2.75) is 6.92 Å². The van der Waals surface area contributed by atoms with Gasteiger partial charge in [0, 0.05) is 11.6 Å². The average Bonchev–Trinajstić information content (AvgIpc) is 2.32. The smallest absolute Gasteiger partial charge is 0.329 e. The van der Waals surface area contributed by atoms with Crippen molar-refractivity contribution in [2.75, 3.05) is 6.54 Å². The Morgan fingerprint density at radius 1 is 1.29 bits per heavy atom. The van der Waals surface area contributed by atoms with Gasteiger partial charge in [0.05, 0.1) is 6.21 Å². The van der Waals surface area contributed by atoms with Gasteiger partial charge in [-0.3, -0.25) is 9.59 Å². The second kappa shape index (κ2) is 6.65. The number of nitrogens with one attached hydrogen (secondary N) is 2. The maximum atomic E-state index is 11.1. The van der Waals surface area contributed by atoms with Crippen LogP contribution in [0.4, 0.5) is 0 Å². The number of halogens is 1. The van der Waals surface area contributed by atoms with Gasteiger partial charge in [-0.15, -0.1) is 0 Å². The summed E-state index contributed by atoms with van der Waals surface area (Å²) in [6.45, 7) is 2.12. The molecule has 0 aliphatic heterocycles. The van der Waals surface area contributed by atoms with E-state index in [1.165, 1.54) is 6.21 Å². The van der Waals surface area contributed by atoms with Gasteiger partial charge < -0.3 is 5.32 Å². The van der Waals surface area contributed by atoms with Gasteiger partial charge in [0.1, 0.15) is 0 Å². The molecule has 0 fully saturated rings. The van der Waals surface area contributed by atoms with E-state index in [1.54, 1.807) is 31.2 Å². The van der Waals surface area contributed by atoms with Crippen LogP contribution in [0, 0.1) is 0 Å². The van der Waals surface area contributed by atoms with Crippen molar-refractivity contribution in [3.63, 3.8) is 0 Å². The van der Waals surface area contributed by atoms with E-state index in [1.807, 2.05) is 0 Å². The zero-order valence-corrected chi connectivity index (χ0v) is 9.99. The molecule has 1 rings (SSSR count). The maximum Gasteiger partial charge on any atom is 0.329 e. The van der Waals surface area contributed by atoms with Crippen LogP contribution in [-0.2, 0) is 9.59 Å². The molecule has 0 atom stereocenters. The Kier molecular flexibility index (Phi) is 5.16. The van der Waals surface area contributed by atoms with Crippen LogP contribution in [0.15, 0.2) is 29.4 Å². The highest BCUT2D eigenvalue weighted by atomic mass is 35.5. The molecule has 0 aromatic heterocycles. The minimum absolute atomic E-state index is 0.396. The second-order valence-corrected chi connectivity index (χ2v) is 3.55. The Morgan fingerprint density at radius 2 is 1.94 bits per heavy atom.